The quantitative estimate of drug-likeness (QED) is 0.801. The third kappa shape index (κ3) is 4.15. The second kappa shape index (κ2) is 7.92. The minimum atomic E-state index is -0.354. The van der Waals surface area contributed by atoms with Gasteiger partial charge in [-0.1, -0.05) is 13.8 Å². The fraction of sp³-hybridized carbons (Fsp3) is 0.929. The van der Waals surface area contributed by atoms with Gasteiger partial charge in [-0.15, -0.1) is 12.4 Å². The summed E-state index contributed by atoms with van der Waals surface area (Å²) < 4.78 is 0. The molecule has 2 atom stereocenters. The van der Waals surface area contributed by atoms with E-state index >= 15 is 0 Å². The maximum atomic E-state index is 9.22. The molecule has 1 aliphatic heterocycles. The number of rotatable bonds is 4. The van der Waals surface area contributed by atoms with Crippen molar-refractivity contribution in [1.82, 2.24) is 9.80 Å². The van der Waals surface area contributed by atoms with Gasteiger partial charge in [0, 0.05) is 12.5 Å². The summed E-state index contributed by atoms with van der Waals surface area (Å²) in [6.45, 7) is 14.7. The van der Waals surface area contributed by atoms with Gasteiger partial charge in [0.2, 0.25) is 0 Å². The molecule has 0 aromatic heterocycles. The molecule has 0 amide bonds. The summed E-state index contributed by atoms with van der Waals surface area (Å²) in [5.74, 6) is 0. The Kier molecular flexibility index (Phi) is 7.64. The molecule has 0 radical (unpaired) electrons. The van der Waals surface area contributed by atoms with E-state index in [9.17, 15) is 5.26 Å². The fourth-order valence-corrected chi connectivity index (χ4v) is 2.92. The highest BCUT2D eigenvalue weighted by Gasteiger charge is 2.39. The van der Waals surface area contributed by atoms with Gasteiger partial charge in [0.05, 0.1) is 12.2 Å². The van der Waals surface area contributed by atoms with Crippen LogP contribution in [0.4, 0.5) is 0 Å². The van der Waals surface area contributed by atoms with Crippen LogP contribution in [0.3, 0.4) is 0 Å². The Bertz CT molecular complexity index is 361. The van der Waals surface area contributed by atoms with Crippen LogP contribution in [0.1, 0.15) is 48.0 Å². The molecule has 0 aliphatic carbocycles. The van der Waals surface area contributed by atoms with Crippen LogP contribution in [0.5, 0.6) is 0 Å². The summed E-state index contributed by atoms with van der Waals surface area (Å²) in [6.07, 6.45) is 0.938. The zero-order valence-electron chi connectivity index (χ0n) is 13.5. The van der Waals surface area contributed by atoms with Gasteiger partial charge in [-0.25, -0.2) is 0 Å². The van der Waals surface area contributed by atoms with Gasteiger partial charge in [-0.3, -0.25) is 9.80 Å². The van der Waals surface area contributed by atoms with E-state index in [4.69, 9.17) is 0 Å². The van der Waals surface area contributed by atoms with Crippen molar-refractivity contribution in [3.63, 3.8) is 0 Å². The maximum Gasteiger partial charge on any atom is 0.160 e. The molecule has 2 unspecified atom stereocenters. The highest BCUT2D eigenvalue weighted by molar-refractivity contribution is 5.85. The molecule has 0 spiro atoms. The largest absolute Gasteiger partial charge is 0.286 e. The van der Waals surface area contributed by atoms with Crippen LogP contribution in [0.2, 0.25) is 0 Å². The first-order chi connectivity index (χ1) is 8.87. The Balaban J connectivity index is 0.00000361. The van der Waals surface area contributed by atoms with Gasteiger partial charge < -0.3 is 0 Å². The topological polar surface area (TPSA) is 55.0 Å². The zero-order chi connectivity index (χ0) is 14.6. The van der Waals surface area contributed by atoms with Crippen molar-refractivity contribution in [2.75, 3.05) is 13.1 Å². The molecule has 1 aliphatic rings. The van der Waals surface area contributed by atoms with E-state index < -0.39 is 0 Å². The van der Waals surface area contributed by atoms with Crippen molar-refractivity contribution in [2.24, 2.45) is 10.2 Å². The summed E-state index contributed by atoms with van der Waals surface area (Å²) in [7, 11) is 0. The lowest BCUT2D eigenvalue weighted by molar-refractivity contribution is -0.0289. The number of nitriles is 1. The second-order valence-corrected chi connectivity index (χ2v) is 5.78. The maximum absolute atomic E-state index is 9.22. The van der Waals surface area contributed by atoms with E-state index in [-0.39, 0.29) is 30.3 Å². The van der Waals surface area contributed by atoms with Crippen LogP contribution in [0.25, 0.3) is 0 Å². The minimum absolute atomic E-state index is 0. The number of nitrogens with zero attached hydrogens (tertiary/aromatic N) is 5. The number of azo groups is 1. The third-order valence-electron chi connectivity index (χ3n) is 3.84. The summed E-state index contributed by atoms with van der Waals surface area (Å²) >= 11 is 0. The Morgan fingerprint density at radius 1 is 1.40 bits per heavy atom. The molecular formula is C14H28ClN5. The highest BCUT2D eigenvalue weighted by atomic mass is 35.5. The van der Waals surface area contributed by atoms with E-state index in [0.717, 1.165) is 19.5 Å². The molecule has 0 saturated carbocycles. The van der Waals surface area contributed by atoms with Crippen LogP contribution >= 0.6 is 12.4 Å². The first-order valence-electron chi connectivity index (χ1n) is 7.21. The second-order valence-electron chi connectivity index (χ2n) is 5.78. The summed E-state index contributed by atoms with van der Waals surface area (Å²) in [6, 6.07) is 2.36. The third-order valence-corrected chi connectivity index (χ3v) is 3.84. The van der Waals surface area contributed by atoms with Crippen molar-refractivity contribution in [3.8, 4) is 6.07 Å². The number of halogens is 1. The lowest BCUT2D eigenvalue weighted by atomic mass is 10.1. The molecule has 6 heteroatoms. The predicted molar refractivity (Wildman–Crippen MR) is 83.9 cm³/mol. The average Bonchev–Trinajstić information content (AvgIpc) is 2.46. The van der Waals surface area contributed by atoms with E-state index in [1.165, 1.54) is 0 Å². The molecule has 1 heterocycles. The van der Waals surface area contributed by atoms with E-state index in [1.54, 1.807) is 0 Å². The first kappa shape index (κ1) is 19.3. The molecule has 0 aromatic rings. The predicted octanol–water partition coefficient (Wildman–Crippen LogP) is 3.27. The minimum Gasteiger partial charge on any atom is -0.286 e. The van der Waals surface area contributed by atoms with Crippen molar-refractivity contribution < 1.29 is 0 Å². The summed E-state index contributed by atoms with van der Waals surface area (Å²) in [5, 5.41) is 17.8. The van der Waals surface area contributed by atoms with Crippen LogP contribution in [-0.4, -0.2) is 46.8 Å². The van der Waals surface area contributed by atoms with Gasteiger partial charge in [0.25, 0.3) is 0 Å². The average molecular weight is 302 g/mol. The molecule has 0 bridgehead atoms. The molecule has 5 nitrogen and oxygen atoms in total. The lowest BCUT2D eigenvalue weighted by Gasteiger charge is -2.45. The molecule has 0 N–H and O–H groups in total. The monoisotopic (exact) mass is 301 g/mol. The standard InChI is InChI=1S/C14H27N5.ClH/c1-7-18(11(3)4)13-9-12(10-15)16-17-14(5,6)19(13)8-2;/h11-13H,7-9H2,1-6H3;1H. The van der Waals surface area contributed by atoms with Crippen molar-refractivity contribution in [3.05, 3.63) is 0 Å². The molecule has 0 aromatic carbocycles. The summed E-state index contributed by atoms with van der Waals surface area (Å²) in [4.78, 5) is 4.77. The Labute approximate surface area is 129 Å². The van der Waals surface area contributed by atoms with Crippen LogP contribution in [-0.2, 0) is 0 Å². The van der Waals surface area contributed by atoms with Crippen LogP contribution in [0, 0.1) is 11.3 Å². The Hall–Kier alpha value is -0.700. The zero-order valence-corrected chi connectivity index (χ0v) is 14.3. The molecular weight excluding hydrogens is 274 g/mol. The van der Waals surface area contributed by atoms with Crippen LogP contribution in [0.15, 0.2) is 10.2 Å². The van der Waals surface area contributed by atoms with Crippen molar-refractivity contribution in [1.29, 1.82) is 5.26 Å². The molecule has 20 heavy (non-hydrogen) atoms. The normalized spacial score (nSPS) is 26.1. The van der Waals surface area contributed by atoms with Crippen LogP contribution < -0.4 is 0 Å². The van der Waals surface area contributed by atoms with E-state index in [0.29, 0.717) is 6.04 Å². The smallest absolute Gasteiger partial charge is 0.160 e. The molecule has 116 valence electrons. The summed E-state index contributed by atoms with van der Waals surface area (Å²) in [5.41, 5.74) is -0.354. The van der Waals surface area contributed by atoms with Gasteiger partial charge in [-0.2, -0.15) is 15.5 Å². The van der Waals surface area contributed by atoms with Gasteiger partial charge >= 0.3 is 0 Å². The van der Waals surface area contributed by atoms with E-state index in [1.807, 2.05) is 0 Å². The van der Waals surface area contributed by atoms with Gasteiger partial charge in [0.1, 0.15) is 5.66 Å². The molecule has 1 rings (SSSR count). The number of hydrogen-bond donors (Lipinski definition) is 0. The molecule has 0 fully saturated rings. The van der Waals surface area contributed by atoms with Crippen molar-refractivity contribution >= 4 is 12.4 Å². The SMILES string of the molecule is CCN(C(C)C)C1CC(C#N)N=NC(C)(C)N1CC.Cl. The van der Waals surface area contributed by atoms with Gasteiger partial charge in [-0.05, 0) is 40.8 Å². The van der Waals surface area contributed by atoms with Gasteiger partial charge in [0.15, 0.2) is 6.04 Å². The first-order valence-corrected chi connectivity index (χ1v) is 7.21. The van der Waals surface area contributed by atoms with Crippen molar-refractivity contribution in [2.45, 2.75) is 71.9 Å². The fourth-order valence-electron chi connectivity index (χ4n) is 2.92. The Morgan fingerprint density at radius 3 is 2.40 bits per heavy atom. The number of hydrogen-bond acceptors (Lipinski definition) is 5. The lowest BCUT2D eigenvalue weighted by Crippen LogP contribution is -2.57. The van der Waals surface area contributed by atoms with E-state index in [2.05, 4.69) is 67.6 Å². The Morgan fingerprint density at radius 2 is 2.00 bits per heavy atom. The molecule has 0 saturated heterocycles. The highest BCUT2D eigenvalue weighted by Crippen LogP contribution is 2.29.